The van der Waals surface area contributed by atoms with E-state index < -0.39 is 10.5 Å². The van der Waals surface area contributed by atoms with Gasteiger partial charge in [0.2, 0.25) is 4.77 Å². The highest BCUT2D eigenvalue weighted by Gasteiger charge is 2.10. The van der Waals surface area contributed by atoms with E-state index in [1.54, 1.807) is 19.1 Å². The summed E-state index contributed by atoms with van der Waals surface area (Å²) in [5.41, 5.74) is 0.795. The van der Waals surface area contributed by atoms with Crippen molar-refractivity contribution < 1.29 is 4.92 Å². The molecule has 0 fully saturated rings. The number of H-pyrrole nitrogens is 1. The molecule has 0 bridgehead atoms. The van der Waals surface area contributed by atoms with Gasteiger partial charge >= 0.3 is 0 Å². The van der Waals surface area contributed by atoms with E-state index in [2.05, 4.69) is 15.3 Å². The predicted octanol–water partition coefficient (Wildman–Crippen LogP) is 1.71. The second-order valence-electron chi connectivity index (χ2n) is 4.28. The normalized spacial score (nSPS) is 11.0. The number of nitro groups is 1. The van der Waals surface area contributed by atoms with Crippen LogP contribution in [0.3, 0.4) is 0 Å². The van der Waals surface area contributed by atoms with Gasteiger partial charge in [0, 0.05) is 17.2 Å². The van der Waals surface area contributed by atoms with Crippen LogP contribution in [0.1, 0.15) is 16.8 Å². The van der Waals surface area contributed by atoms with Gasteiger partial charge in [-0.05, 0) is 26.1 Å². The lowest BCUT2D eigenvalue weighted by Crippen LogP contribution is -2.22. The average Bonchev–Trinajstić information content (AvgIpc) is 2.44. The first kappa shape index (κ1) is 14.7. The van der Waals surface area contributed by atoms with Gasteiger partial charge in [-0.3, -0.25) is 20.0 Å². The number of nitro benzene ring substituents is 1. The Morgan fingerprint density at radius 3 is 2.86 bits per heavy atom. The molecule has 0 radical (unpaired) electrons. The molecule has 0 spiro atoms. The van der Waals surface area contributed by atoms with Crippen LogP contribution in [-0.2, 0) is 0 Å². The lowest BCUT2D eigenvalue weighted by Gasteiger charge is -2.00. The molecule has 0 saturated carbocycles. The molecule has 9 heteroatoms. The minimum atomic E-state index is -0.471. The molecule has 0 amide bonds. The molecular formula is C12H11N5O3S. The second kappa shape index (κ2) is 5.75. The summed E-state index contributed by atoms with van der Waals surface area (Å²) >= 11 is 4.93. The van der Waals surface area contributed by atoms with Crippen LogP contribution in [0.25, 0.3) is 0 Å². The van der Waals surface area contributed by atoms with Crippen LogP contribution < -0.4 is 5.56 Å². The summed E-state index contributed by atoms with van der Waals surface area (Å²) in [4.78, 5) is 22.2. The van der Waals surface area contributed by atoms with E-state index in [0.717, 1.165) is 4.68 Å². The number of nitrogens with zero attached hydrogens (tertiary/aromatic N) is 4. The van der Waals surface area contributed by atoms with Gasteiger partial charge in [-0.1, -0.05) is 12.1 Å². The summed E-state index contributed by atoms with van der Waals surface area (Å²) in [7, 11) is 0. The molecule has 108 valence electrons. The molecule has 1 aromatic carbocycles. The molecule has 21 heavy (non-hydrogen) atoms. The summed E-state index contributed by atoms with van der Waals surface area (Å²) < 4.78 is 1.02. The molecular weight excluding hydrogens is 294 g/mol. The fraction of sp³-hybridized carbons (Fsp3) is 0.167. The van der Waals surface area contributed by atoms with Crippen molar-refractivity contribution in [3.63, 3.8) is 0 Å². The molecule has 1 aromatic heterocycles. The largest absolute Gasteiger partial charge is 0.296 e. The monoisotopic (exact) mass is 305 g/mol. The third kappa shape index (κ3) is 3.08. The van der Waals surface area contributed by atoms with Crippen molar-refractivity contribution in [2.75, 3.05) is 0 Å². The number of aromatic nitrogens is 3. The molecule has 0 aliphatic heterocycles. The van der Waals surface area contributed by atoms with Gasteiger partial charge in [0.15, 0.2) is 0 Å². The van der Waals surface area contributed by atoms with E-state index in [1.165, 1.54) is 19.2 Å². The SMILES string of the molecule is Cc1ccc(/C=N\n2c(=S)[nH]nc(C)c2=O)cc1[N+](=O)[O-]. The Bertz CT molecular complexity index is 853. The number of hydrogen-bond donors (Lipinski definition) is 1. The minimum Gasteiger partial charge on any atom is -0.265 e. The third-order valence-corrected chi connectivity index (χ3v) is 3.03. The molecule has 0 unspecified atom stereocenters. The summed E-state index contributed by atoms with van der Waals surface area (Å²) in [6.45, 7) is 3.17. The molecule has 0 aliphatic carbocycles. The van der Waals surface area contributed by atoms with Crippen molar-refractivity contribution >= 4 is 24.1 Å². The zero-order valence-electron chi connectivity index (χ0n) is 11.2. The van der Waals surface area contributed by atoms with Crippen molar-refractivity contribution in [1.82, 2.24) is 14.9 Å². The molecule has 0 atom stereocenters. The highest BCUT2D eigenvalue weighted by atomic mass is 32.1. The topological polar surface area (TPSA) is 106 Å². The van der Waals surface area contributed by atoms with Crippen molar-refractivity contribution in [3.05, 3.63) is 60.3 Å². The molecule has 1 N–H and O–H groups in total. The first-order valence-electron chi connectivity index (χ1n) is 5.88. The maximum atomic E-state index is 11.8. The fourth-order valence-corrected chi connectivity index (χ4v) is 1.78. The van der Waals surface area contributed by atoms with Gasteiger partial charge in [0.1, 0.15) is 5.69 Å². The molecule has 2 aromatic rings. The molecule has 2 rings (SSSR count). The Morgan fingerprint density at radius 1 is 1.48 bits per heavy atom. The molecule has 0 aliphatic rings. The summed E-state index contributed by atoms with van der Waals surface area (Å²) in [6, 6.07) is 4.66. The average molecular weight is 305 g/mol. The van der Waals surface area contributed by atoms with E-state index in [0.29, 0.717) is 11.1 Å². The van der Waals surface area contributed by atoms with Crippen LogP contribution in [0.4, 0.5) is 5.69 Å². The van der Waals surface area contributed by atoms with Crippen LogP contribution in [0.2, 0.25) is 0 Å². The summed E-state index contributed by atoms with van der Waals surface area (Å²) in [5, 5.41) is 21.0. The Kier molecular flexibility index (Phi) is 4.03. The van der Waals surface area contributed by atoms with E-state index in [4.69, 9.17) is 12.2 Å². The lowest BCUT2D eigenvalue weighted by molar-refractivity contribution is -0.385. The third-order valence-electron chi connectivity index (χ3n) is 2.77. The summed E-state index contributed by atoms with van der Waals surface area (Å²) in [5.74, 6) is 0. The fourth-order valence-electron chi connectivity index (χ4n) is 1.61. The lowest BCUT2D eigenvalue weighted by atomic mass is 10.1. The first-order valence-corrected chi connectivity index (χ1v) is 6.28. The van der Waals surface area contributed by atoms with E-state index in [9.17, 15) is 14.9 Å². The van der Waals surface area contributed by atoms with Crippen molar-refractivity contribution in [2.24, 2.45) is 5.10 Å². The van der Waals surface area contributed by atoms with E-state index in [1.807, 2.05) is 0 Å². The highest BCUT2D eigenvalue weighted by Crippen LogP contribution is 2.18. The van der Waals surface area contributed by atoms with Crippen LogP contribution in [0.15, 0.2) is 28.1 Å². The van der Waals surface area contributed by atoms with Crippen LogP contribution in [0, 0.1) is 28.7 Å². The Labute approximate surface area is 123 Å². The van der Waals surface area contributed by atoms with E-state index in [-0.39, 0.29) is 16.2 Å². The standard InChI is InChI=1S/C12H11N5O3S/c1-7-3-4-9(5-10(7)17(19)20)6-13-16-11(18)8(2)14-15-12(16)21/h3-6H,1-2H3,(H,15,21)/b13-6-. The second-order valence-corrected chi connectivity index (χ2v) is 4.67. The maximum absolute atomic E-state index is 11.8. The molecule has 1 heterocycles. The van der Waals surface area contributed by atoms with Crippen LogP contribution >= 0.6 is 12.2 Å². The van der Waals surface area contributed by atoms with Gasteiger partial charge in [0.25, 0.3) is 11.2 Å². The first-order chi connectivity index (χ1) is 9.90. The maximum Gasteiger partial charge on any atom is 0.296 e. The van der Waals surface area contributed by atoms with Crippen molar-refractivity contribution in [3.8, 4) is 0 Å². The van der Waals surface area contributed by atoms with Crippen LogP contribution in [-0.4, -0.2) is 26.0 Å². The minimum absolute atomic E-state index is 0.0117. The van der Waals surface area contributed by atoms with Gasteiger partial charge in [-0.15, -0.1) is 0 Å². The van der Waals surface area contributed by atoms with Gasteiger partial charge < -0.3 is 0 Å². The predicted molar refractivity (Wildman–Crippen MR) is 79.2 cm³/mol. The van der Waals surface area contributed by atoms with Gasteiger partial charge in [-0.2, -0.15) is 14.9 Å². The number of rotatable bonds is 3. The quantitative estimate of drug-likeness (QED) is 0.402. The number of aryl methyl sites for hydroxylation is 2. The Balaban J connectivity index is 2.46. The molecule has 0 saturated heterocycles. The zero-order valence-corrected chi connectivity index (χ0v) is 12.0. The number of benzene rings is 1. The number of hydrogen-bond acceptors (Lipinski definition) is 6. The Morgan fingerprint density at radius 2 is 2.19 bits per heavy atom. The number of aromatic amines is 1. The van der Waals surface area contributed by atoms with Gasteiger partial charge in [-0.25, -0.2) is 0 Å². The van der Waals surface area contributed by atoms with Gasteiger partial charge in [0.05, 0.1) is 11.1 Å². The van der Waals surface area contributed by atoms with Crippen LogP contribution in [0.5, 0.6) is 0 Å². The Hall–Kier alpha value is -2.68. The molecule has 8 nitrogen and oxygen atoms in total. The number of nitrogens with one attached hydrogen (secondary N) is 1. The van der Waals surface area contributed by atoms with E-state index >= 15 is 0 Å². The smallest absolute Gasteiger partial charge is 0.265 e. The van der Waals surface area contributed by atoms with Crippen molar-refractivity contribution in [1.29, 1.82) is 0 Å². The summed E-state index contributed by atoms with van der Waals surface area (Å²) in [6.07, 6.45) is 1.33. The zero-order chi connectivity index (χ0) is 15.6. The highest BCUT2D eigenvalue weighted by molar-refractivity contribution is 7.71. The van der Waals surface area contributed by atoms with Crippen molar-refractivity contribution in [2.45, 2.75) is 13.8 Å².